The fourth-order valence-electron chi connectivity index (χ4n) is 2.97. The van der Waals surface area contributed by atoms with E-state index in [2.05, 4.69) is 10.0 Å². The molecular weight excluding hydrogens is 428 g/mol. The number of rotatable bonds is 8. The predicted octanol–water partition coefficient (Wildman–Crippen LogP) is 4.84. The van der Waals surface area contributed by atoms with Gasteiger partial charge in [0.15, 0.2) is 0 Å². The zero-order valence-corrected chi connectivity index (χ0v) is 19.2. The first-order chi connectivity index (χ1) is 15.2. The van der Waals surface area contributed by atoms with Gasteiger partial charge in [-0.3, -0.25) is 9.52 Å². The molecule has 3 rings (SSSR count). The van der Waals surface area contributed by atoms with E-state index in [0.717, 1.165) is 0 Å². The lowest BCUT2D eigenvalue weighted by Gasteiger charge is -2.13. The Balaban J connectivity index is 1.78. The van der Waals surface area contributed by atoms with E-state index in [9.17, 15) is 13.2 Å². The second-order valence-corrected chi connectivity index (χ2v) is 9.14. The van der Waals surface area contributed by atoms with Crippen LogP contribution in [0.2, 0.25) is 0 Å². The average Bonchev–Trinajstić information content (AvgIpc) is 2.75. The molecule has 0 fully saturated rings. The lowest BCUT2D eigenvalue weighted by Crippen LogP contribution is -2.17. The van der Waals surface area contributed by atoms with Gasteiger partial charge in [-0.2, -0.15) is 0 Å². The van der Waals surface area contributed by atoms with Gasteiger partial charge in [0.2, 0.25) is 0 Å². The summed E-state index contributed by atoms with van der Waals surface area (Å²) in [5.41, 5.74) is 1.90. The summed E-state index contributed by atoms with van der Waals surface area (Å²) in [5, 5.41) is 2.80. The van der Waals surface area contributed by atoms with Gasteiger partial charge in [0.25, 0.3) is 15.9 Å². The molecule has 1 amide bonds. The molecule has 0 heterocycles. The van der Waals surface area contributed by atoms with Crippen LogP contribution in [0.15, 0.2) is 71.6 Å². The molecule has 168 valence electrons. The first-order valence-corrected chi connectivity index (χ1v) is 11.5. The summed E-state index contributed by atoms with van der Waals surface area (Å²) in [7, 11) is -2.35. The van der Waals surface area contributed by atoms with Crippen LogP contribution in [-0.4, -0.2) is 27.5 Å². The maximum absolute atomic E-state index is 12.8. The molecule has 0 atom stereocenters. The molecule has 0 saturated carbocycles. The van der Waals surface area contributed by atoms with Gasteiger partial charge < -0.3 is 14.8 Å². The maximum Gasteiger partial charge on any atom is 0.261 e. The topological polar surface area (TPSA) is 93.7 Å². The van der Waals surface area contributed by atoms with Crippen molar-refractivity contribution >= 4 is 27.3 Å². The highest BCUT2D eigenvalue weighted by atomic mass is 32.2. The normalized spacial score (nSPS) is 11.2. The number of amides is 1. The van der Waals surface area contributed by atoms with Crippen LogP contribution >= 0.6 is 0 Å². The van der Waals surface area contributed by atoms with Gasteiger partial charge in [0.1, 0.15) is 11.5 Å². The highest BCUT2D eigenvalue weighted by Gasteiger charge is 2.18. The molecular formula is C24H26N2O5S. The predicted molar refractivity (Wildman–Crippen MR) is 125 cm³/mol. The molecule has 0 unspecified atom stereocenters. The smallest absolute Gasteiger partial charge is 0.261 e. The van der Waals surface area contributed by atoms with Crippen molar-refractivity contribution in [3.8, 4) is 11.5 Å². The third-order valence-electron chi connectivity index (χ3n) is 4.59. The van der Waals surface area contributed by atoms with Crippen molar-refractivity contribution in [2.45, 2.75) is 31.8 Å². The summed E-state index contributed by atoms with van der Waals surface area (Å²) in [4.78, 5) is 12.8. The molecule has 0 aliphatic carbocycles. The minimum atomic E-state index is -3.88. The molecule has 7 nitrogen and oxygen atoms in total. The Morgan fingerprint density at radius 2 is 1.47 bits per heavy atom. The molecule has 0 radical (unpaired) electrons. The number of carbonyl (C=O) groups excluding carboxylic acids is 1. The Morgan fingerprint density at radius 3 is 2.06 bits per heavy atom. The first-order valence-electron chi connectivity index (χ1n) is 10.0. The second-order valence-electron chi connectivity index (χ2n) is 7.46. The van der Waals surface area contributed by atoms with Crippen LogP contribution in [0.4, 0.5) is 11.4 Å². The van der Waals surface area contributed by atoms with Crippen molar-refractivity contribution in [2.75, 3.05) is 17.1 Å². The summed E-state index contributed by atoms with van der Waals surface area (Å²) < 4.78 is 38.9. The Morgan fingerprint density at radius 1 is 0.875 bits per heavy atom. The molecule has 0 bridgehead atoms. The van der Waals surface area contributed by atoms with Crippen LogP contribution in [0, 0.1) is 6.92 Å². The van der Waals surface area contributed by atoms with Gasteiger partial charge in [-0.05, 0) is 87.0 Å². The lowest BCUT2D eigenvalue weighted by molar-refractivity contribution is 0.102. The first kappa shape index (κ1) is 23.1. The fraction of sp³-hybridized carbons (Fsp3) is 0.208. The summed E-state index contributed by atoms with van der Waals surface area (Å²) in [6.45, 7) is 5.62. The van der Waals surface area contributed by atoms with E-state index in [-0.39, 0.29) is 16.6 Å². The summed E-state index contributed by atoms with van der Waals surface area (Å²) in [5.74, 6) is 0.916. The molecule has 3 aromatic rings. The van der Waals surface area contributed by atoms with Gasteiger partial charge >= 0.3 is 0 Å². The zero-order chi connectivity index (χ0) is 23.3. The van der Waals surface area contributed by atoms with Gasteiger partial charge in [0.05, 0.1) is 18.1 Å². The number of anilines is 2. The number of ether oxygens (including phenoxy) is 2. The van der Waals surface area contributed by atoms with E-state index in [4.69, 9.17) is 9.47 Å². The van der Waals surface area contributed by atoms with Gasteiger partial charge in [-0.1, -0.05) is 6.07 Å². The minimum Gasteiger partial charge on any atom is -0.497 e. The molecule has 0 aliphatic rings. The third kappa shape index (κ3) is 5.79. The number of aryl methyl sites for hydroxylation is 1. The molecule has 0 aromatic heterocycles. The summed E-state index contributed by atoms with van der Waals surface area (Å²) >= 11 is 0. The molecule has 0 saturated heterocycles. The Bertz CT molecular complexity index is 1190. The van der Waals surface area contributed by atoms with Crippen molar-refractivity contribution < 1.29 is 22.7 Å². The SMILES string of the molecule is COc1ccc(NS(=O)(=O)c2ccc(C)c(C(=O)Nc3ccc(OC(C)C)cc3)c2)cc1. The van der Waals surface area contributed by atoms with Crippen LogP contribution in [0.5, 0.6) is 11.5 Å². The van der Waals surface area contributed by atoms with Crippen LogP contribution in [0.1, 0.15) is 29.8 Å². The van der Waals surface area contributed by atoms with Crippen molar-refractivity contribution in [3.05, 3.63) is 77.9 Å². The number of sulfonamides is 1. The minimum absolute atomic E-state index is 0.00949. The molecule has 0 spiro atoms. The van der Waals surface area contributed by atoms with Crippen molar-refractivity contribution in [1.82, 2.24) is 0 Å². The monoisotopic (exact) mass is 454 g/mol. The van der Waals surface area contributed by atoms with Crippen molar-refractivity contribution in [1.29, 1.82) is 0 Å². The van der Waals surface area contributed by atoms with E-state index >= 15 is 0 Å². The summed E-state index contributed by atoms with van der Waals surface area (Å²) in [6, 6.07) is 18.0. The van der Waals surface area contributed by atoms with E-state index in [1.807, 2.05) is 13.8 Å². The second kappa shape index (κ2) is 9.74. The molecule has 8 heteroatoms. The number of methoxy groups -OCH3 is 1. The number of hydrogen-bond donors (Lipinski definition) is 2. The van der Waals surface area contributed by atoms with E-state index in [1.165, 1.54) is 19.2 Å². The van der Waals surface area contributed by atoms with E-state index in [1.54, 1.807) is 61.5 Å². The zero-order valence-electron chi connectivity index (χ0n) is 18.4. The number of benzene rings is 3. The fourth-order valence-corrected chi connectivity index (χ4v) is 4.06. The maximum atomic E-state index is 12.8. The van der Waals surface area contributed by atoms with E-state index in [0.29, 0.717) is 28.4 Å². The van der Waals surface area contributed by atoms with Gasteiger partial charge in [0, 0.05) is 16.9 Å². The van der Waals surface area contributed by atoms with Crippen LogP contribution in [0.3, 0.4) is 0 Å². The largest absolute Gasteiger partial charge is 0.497 e. The number of carbonyl (C=O) groups is 1. The summed E-state index contributed by atoms with van der Waals surface area (Å²) in [6.07, 6.45) is 0.0503. The highest BCUT2D eigenvalue weighted by molar-refractivity contribution is 7.92. The Kier molecular flexibility index (Phi) is 7.05. The van der Waals surface area contributed by atoms with Crippen LogP contribution in [0.25, 0.3) is 0 Å². The molecule has 32 heavy (non-hydrogen) atoms. The van der Waals surface area contributed by atoms with Crippen LogP contribution in [-0.2, 0) is 10.0 Å². The standard InChI is InChI=1S/C24H26N2O5S/c1-16(2)31-21-12-6-18(7-13-21)25-24(27)23-15-22(14-5-17(23)3)32(28,29)26-19-8-10-20(30-4)11-9-19/h5-16,26H,1-4H3,(H,25,27). The molecule has 2 N–H and O–H groups in total. The lowest BCUT2D eigenvalue weighted by atomic mass is 10.1. The third-order valence-corrected chi connectivity index (χ3v) is 5.97. The van der Waals surface area contributed by atoms with Gasteiger partial charge in [-0.25, -0.2) is 8.42 Å². The van der Waals surface area contributed by atoms with Gasteiger partial charge in [-0.15, -0.1) is 0 Å². The quantitative estimate of drug-likeness (QED) is 0.508. The Hall–Kier alpha value is -3.52. The number of hydrogen-bond acceptors (Lipinski definition) is 5. The van der Waals surface area contributed by atoms with E-state index < -0.39 is 15.9 Å². The molecule has 3 aromatic carbocycles. The van der Waals surface area contributed by atoms with Crippen molar-refractivity contribution in [2.24, 2.45) is 0 Å². The number of nitrogens with one attached hydrogen (secondary N) is 2. The molecule has 0 aliphatic heterocycles. The average molecular weight is 455 g/mol. The highest BCUT2D eigenvalue weighted by Crippen LogP contribution is 2.23. The van der Waals surface area contributed by atoms with Crippen LogP contribution < -0.4 is 19.5 Å². The Labute approximate surface area is 188 Å². The van der Waals surface area contributed by atoms with Crippen molar-refractivity contribution in [3.63, 3.8) is 0 Å².